The minimum absolute atomic E-state index is 0.0187. The Labute approximate surface area is 114 Å². The van der Waals surface area contributed by atoms with Crippen molar-refractivity contribution in [3.05, 3.63) is 36.0 Å². The highest BCUT2D eigenvalue weighted by atomic mass is 16.3. The summed E-state index contributed by atoms with van der Waals surface area (Å²) >= 11 is 0. The van der Waals surface area contributed by atoms with E-state index in [1.54, 1.807) is 6.92 Å². The summed E-state index contributed by atoms with van der Waals surface area (Å²) in [5.41, 5.74) is 2.44. The number of aliphatic hydroxyl groups is 1. The second kappa shape index (κ2) is 4.17. The van der Waals surface area contributed by atoms with Crippen LogP contribution in [0.4, 0.5) is 0 Å². The zero-order chi connectivity index (χ0) is 13.8. The molecule has 1 N–H and O–H groups in total. The summed E-state index contributed by atoms with van der Waals surface area (Å²) in [7, 11) is 0. The highest BCUT2D eigenvalue weighted by molar-refractivity contribution is 5.80. The van der Waals surface area contributed by atoms with Gasteiger partial charge in [0.1, 0.15) is 5.78 Å². The van der Waals surface area contributed by atoms with E-state index in [2.05, 4.69) is 19.2 Å². The smallest absolute Gasteiger partial charge is 0.133 e. The van der Waals surface area contributed by atoms with Crippen molar-refractivity contribution in [3.63, 3.8) is 0 Å². The lowest BCUT2D eigenvalue weighted by molar-refractivity contribution is -0.122. The fourth-order valence-corrected chi connectivity index (χ4v) is 4.45. The van der Waals surface area contributed by atoms with Gasteiger partial charge in [-0.15, -0.1) is 0 Å². The zero-order valence-electron chi connectivity index (χ0n) is 11.6. The van der Waals surface area contributed by atoms with Crippen molar-refractivity contribution >= 4 is 5.78 Å². The highest BCUT2D eigenvalue weighted by Crippen LogP contribution is 2.56. The van der Waals surface area contributed by atoms with Gasteiger partial charge in [-0.2, -0.15) is 0 Å². The van der Waals surface area contributed by atoms with E-state index in [9.17, 15) is 9.90 Å². The molecular formula is C17H22O2. The summed E-state index contributed by atoms with van der Waals surface area (Å²) in [5.74, 6) is 0.530. The Hall–Kier alpha value is -1.15. The van der Waals surface area contributed by atoms with Gasteiger partial charge in [0.05, 0.1) is 5.60 Å². The van der Waals surface area contributed by atoms with Gasteiger partial charge in [-0.25, -0.2) is 0 Å². The molecule has 2 heteroatoms. The Balaban J connectivity index is 2.08. The second-order valence-electron chi connectivity index (χ2n) is 6.52. The van der Waals surface area contributed by atoms with Crippen LogP contribution in [0.1, 0.15) is 39.0 Å². The molecule has 0 aliphatic heterocycles. The largest absolute Gasteiger partial charge is 0.385 e. The van der Waals surface area contributed by atoms with Gasteiger partial charge in [0.25, 0.3) is 0 Å². The maximum Gasteiger partial charge on any atom is 0.133 e. The minimum atomic E-state index is -0.753. The van der Waals surface area contributed by atoms with Crippen molar-refractivity contribution in [1.82, 2.24) is 0 Å². The topological polar surface area (TPSA) is 37.3 Å². The number of Topliss-reactive ketones (excluding diaryl/α,β-unsaturated/α-hetero) is 1. The quantitative estimate of drug-likeness (QED) is 0.733. The Morgan fingerprint density at radius 3 is 2.84 bits per heavy atom. The van der Waals surface area contributed by atoms with Crippen LogP contribution in [-0.4, -0.2) is 16.5 Å². The van der Waals surface area contributed by atoms with Crippen LogP contribution in [0.2, 0.25) is 0 Å². The molecule has 0 aromatic rings. The Kier molecular flexibility index (Phi) is 2.82. The van der Waals surface area contributed by atoms with Gasteiger partial charge in [-0.3, -0.25) is 4.79 Å². The summed E-state index contributed by atoms with van der Waals surface area (Å²) in [6.07, 6.45) is 6.53. The van der Waals surface area contributed by atoms with E-state index in [4.69, 9.17) is 0 Å². The lowest BCUT2D eigenvalue weighted by Gasteiger charge is -2.47. The van der Waals surface area contributed by atoms with Gasteiger partial charge in [0, 0.05) is 11.8 Å². The Bertz CT molecular complexity index is 499. The molecule has 0 aromatic carbocycles. The average Bonchev–Trinajstić information content (AvgIpc) is 2.73. The van der Waals surface area contributed by atoms with Gasteiger partial charge in [0.15, 0.2) is 0 Å². The van der Waals surface area contributed by atoms with E-state index >= 15 is 0 Å². The molecule has 0 heterocycles. The maximum atomic E-state index is 11.9. The molecule has 3 aliphatic rings. The minimum Gasteiger partial charge on any atom is -0.385 e. The van der Waals surface area contributed by atoms with Crippen molar-refractivity contribution in [3.8, 4) is 0 Å². The van der Waals surface area contributed by atoms with Gasteiger partial charge in [-0.1, -0.05) is 30.4 Å². The van der Waals surface area contributed by atoms with Crippen LogP contribution in [0.5, 0.6) is 0 Å². The first kappa shape index (κ1) is 12.9. The standard InChI is InChI=1S/C17H22O2/c1-10-7-13(12(3)18)14-9-11(2)15-5-4-6-17(15,19)16(14)8-10/h8,13-15,19H,1-2,4-7,9H2,3H3/t13-,14+,15+,17+/m0/s1. The molecule has 0 spiro atoms. The van der Waals surface area contributed by atoms with Crippen LogP contribution >= 0.6 is 0 Å². The SMILES string of the molecule is C=C1C=C2[C@H](CC(=C)[C@H]3CCC[C@]23O)[C@H](C(C)=O)C1. The molecule has 0 amide bonds. The lowest BCUT2D eigenvalue weighted by Crippen LogP contribution is -2.47. The first-order chi connectivity index (χ1) is 8.93. The first-order valence-electron chi connectivity index (χ1n) is 7.24. The Morgan fingerprint density at radius 2 is 2.16 bits per heavy atom. The van der Waals surface area contributed by atoms with E-state index in [0.717, 1.165) is 48.8 Å². The molecular weight excluding hydrogens is 236 g/mol. The van der Waals surface area contributed by atoms with Gasteiger partial charge in [0.2, 0.25) is 0 Å². The number of carbonyl (C=O) groups is 1. The number of allylic oxidation sites excluding steroid dienone is 2. The molecule has 0 bridgehead atoms. The maximum absolute atomic E-state index is 11.9. The second-order valence-corrected chi connectivity index (χ2v) is 6.52. The van der Waals surface area contributed by atoms with Crippen molar-refractivity contribution in [2.45, 2.75) is 44.6 Å². The molecule has 19 heavy (non-hydrogen) atoms. The predicted octanol–water partition coefficient (Wildman–Crippen LogP) is 3.19. The van der Waals surface area contributed by atoms with Crippen LogP contribution < -0.4 is 0 Å². The van der Waals surface area contributed by atoms with Gasteiger partial charge >= 0.3 is 0 Å². The van der Waals surface area contributed by atoms with Crippen molar-refractivity contribution in [2.75, 3.05) is 0 Å². The summed E-state index contributed by atoms with van der Waals surface area (Å²) < 4.78 is 0. The molecule has 2 nitrogen and oxygen atoms in total. The van der Waals surface area contributed by atoms with E-state index < -0.39 is 5.60 Å². The Morgan fingerprint density at radius 1 is 1.42 bits per heavy atom. The zero-order valence-corrected chi connectivity index (χ0v) is 11.6. The average molecular weight is 258 g/mol. The van der Waals surface area contributed by atoms with Crippen LogP contribution in [-0.2, 0) is 4.79 Å². The summed E-state index contributed by atoms with van der Waals surface area (Å²) in [4.78, 5) is 11.9. The number of carbonyl (C=O) groups excluding carboxylic acids is 1. The lowest BCUT2D eigenvalue weighted by atomic mass is 9.59. The van der Waals surface area contributed by atoms with Gasteiger partial charge < -0.3 is 5.11 Å². The molecule has 102 valence electrons. The normalized spacial score (nSPS) is 41.6. The first-order valence-corrected chi connectivity index (χ1v) is 7.24. The number of hydrogen-bond acceptors (Lipinski definition) is 2. The fraction of sp³-hybridized carbons (Fsp3) is 0.588. The van der Waals surface area contributed by atoms with E-state index in [1.807, 2.05) is 0 Å². The third-order valence-corrected chi connectivity index (χ3v) is 5.35. The molecule has 0 unspecified atom stereocenters. The van der Waals surface area contributed by atoms with E-state index in [1.165, 1.54) is 0 Å². The van der Waals surface area contributed by atoms with Crippen LogP contribution in [0, 0.1) is 17.8 Å². The van der Waals surface area contributed by atoms with Crippen molar-refractivity contribution in [2.24, 2.45) is 17.8 Å². The molecule has 4 atom stereocenters. The van der Waals surface area contributed by atoms with E-state index in [-0.39, 0.29) is 23.5 Å². The number of fused-ring (bicyclic) bond motifs is 3. The molecule has 3 rings (SSSR count). The third-order valence-electron chi connectivity index (χ3n) is 5.35. The third kappa shape index (κ3) is 1.77. The molecule has 0 saturated heterocycles. The summed E-state index contributed by atoms with van der Waals surface area (Å²) in [6.45, 7) is 9.89. The fourth-order valence-electron chi connectivity index (χ4n) is 4.45. The van der Waals surface area contributed by atoms with Crippen LogP contribution in [0.15, 0.2) is 36.0 Å². The predicted molar refractivity (Wildman–Crippen MR) is 75.5 cm³/mol. The molecule has 2 fully saturated rings. The summed E-state index contributed by atoms with van der Waals surface area (Å²) in [6, 6.07) is 0. The number of rotatable bonds is 1. The molecule has 2 saturated carbocycles. The van der Waals surface area contributed by atoms with Crippen LogP contribution in [0.25, 0.3) is 0 Å². The highest BCUT2D eigenvalue weighted by Gasteiger charge is 2.53. The van der Waals surface area contributed by atoms with Crippen molar-refractivity contribution < 1.29 is 9.90 Å². The van der Waals surface area contributed by atoms with E-state index in [0.29, 0.717) is 0 Å². The van der Waals surface area contributed by atoms with Crippen molar-refractivity contribution in [1.29, 1.82) is 0 Å². The van der Waals surface area contributed by atoms with Gasteiger partial charge in [-0.05, 0) is 50.5 Å². The monoisotopic (exact) mass is 258 g/mol. The molecule has 0 aromatic heterocycles. The summed E-state index contributed by atoms with van der Waals surface area (Å²) in [5, 5.41) is 11.1. The van der Waals surface area contributed by atoms with Crippen LogP contribution in [0.3, 0.4) is 0 Å². The number of hydrogen-bond donors (Lipinski definition) is 1. The number of ketones is 1. The molecule has 3 aliphatic carbocycles. The molecule has 0 radical (unpaired) electrons.